The van der Waals surface area contributed by atoms with Crippen molar-refractivity contribution in [1.82, 2.24) is 5.32 Å². The number of hydrogen-bond donors (Lipinski definition) is 3. The molecule has 90 valence electrons. The van der Waals surface area contributed by atoms with Crippen molar-refractivity contribution in [1.29, 1.82) is 0 Å². The van der Waals surface area contributed by atoms with Gasteiger partial charge in [0.2, 0.25) is 0 Å². The molecule has 0 rings (SSSR count). The van der Waals surface area contributed by atoms with Crippen LogP contribution in [0.25, 0.3) is 0 Å². The van der Waals surface area contributed by atoms with E-state index in [0.29, 0.717) is 13.1 Å². The summed E-state index contributed by atoms with van der Waals surface area (Å²) < 4.78 is 0. The van der Waals surface area contributed by atoms with E-state index in [-0.39, 0.29) is 24.3 Å². The van der Waals surface area contributed by atoms with Crippen LogP contribution in [0.1, 0.15) is 33.1 Å². The van der Waals surface area contributed by atoms with Crippen molar-refractivity contribution in [2.75, 3.05) is 19.7 Å². The van der Waals surface area contributed by atoms with Crippen molar-refractivity contribution in [3.05, 3.63) is 0 Å². The average Bonchev–Trinajstić information content (AvgIpc) is 2.27. The summed E-state index contributed by atoms with van der Waals surface area (Å²) in [7, 11) is 0. The first kappa shape index (κ1) is 14.6. The van der Waals surface area contributed by atoms with Crippen molar-refractivity contribution in [3.63, 3.8) is 0 Å². The number of hydrogen-bond acceptors (Lipinski definition) is 4. The van der Waals surface area contributed by atoms with Gasteiger partial charge in [0.05, 0.1) is 12.6 Å². The molecule has 0 saturated heterocycles. The van der Waals surface area contributed by atoms with Crippen LogP contribution in [0.2, 0.25) is 0 Å². The third-order valence-corrected chi connectivity index (χ3v) is 2.64. The Labute approximate surface area is 92.2 Å². The molecule has 0 aromatic rings. The lowest BCUT2D eigenvalue weighted by Crippen LogP contribution is -2.41. The predicted octanol–water partition coefficient (Wildman–Crippen LogP) is 0.291. The smallest absolute Gasteiger partial charge is 0.152 e. The fourth-order valence-corrected chi connectivity index (χ4v) is 1.45. The third-order valence-electron chi connectivity index (χ3n) is 2.64. The van der Waals surface area contributed by atoms with E-state index in [1.807, 2.05) is 13.8 Å². The second kappa shape index (κ2) is 8.83. The number of aliphatic hydroxyl groups excluding tert-OH is 1. The minimum atomic E-state index is -0.143. The highest BCUT2D eigenvalue weighted by Crippen LogP contribution is 2.09. The second-order valence-corrected chi connectivity index (χ2v) is 3.87. The molecule has 0 spiro atoms. The number of carbonyl (C=O) groups is 1. The van der Waals surface area contributed by atoms with Gasteiger partial charge in [0.15, 0.2) is 5.78 Å². The van der Waals surface area contributed by atoms with Gasteiger partial charge in [-0.15, -0.1) is 0 Å². The Morgan fingerprint density at radius 1 is 1.53 bits per heavy atom. The Balaban J connectivity index is 4.13. The maximum Gasteiger partial charge on any atom is 0.152 e. The molecule has 0 heterocycles. The van der Waals surface area contributed by atoms with Crippen LogP contribution in [0.3, 0.4) is 0 Å². The molecule has 2 unspecified atom stereocenters. The van der Waals surface area contributed by atoms with Gasteiger partial charge in [-0.2, -0.15) is 0 Å². The van der Waals surface area contributed by atoms with Crippen molar-refractivity contribution in [3.8, 4) is 0 Å². The predicted molar refractivity (Wildman–Crippen MR) is 61.6 cm³/mol. The zero-order chi connectivity index (χ0) is 11.7. The van der Waals surface area contributed by atoms with Crippen molar-refractivity contribution in [2.24, 2.45) is 11.7 Å². The Morgan fingerprint density at radius 2 is 2.20 bits per heavy atom. The van der Waals surface area contributed by atoms with Gasteiger partial charge >= 0.3 is 0 Å². The number of rotatable bonds is 9. The zero-order valence-electron chi connectivity index (χ0n) is 9.83. The van der Waals surface area contributed by atoms with Crippen molar-refractivity contribution >= 4 is 5.78 Å². The van der Waals surface area contributed by atoms with Crippen molar-refractivity contribution < 1.29 is 9.90 Å². The second-order valence-electron chi connectivity index (χ2n) is 3.87. The quantitative estimate of drug-likeness (QED) is 0.518. The first-order valence-electron chi connectivity index (χ1n) is 5.75. The number of ketones is 1. The number of Topliss-reactive ketones (excluding diaryl/α,β-unsaturated/α-hetero) is 1. The molecule has 0 aromatic heterocycles. The van der Waals surface area contributed by atoms with E-state index in [9.17, 15) is 4.79 Å². The van der Waals surface area contributed by atoms with E-state index in [1.54, 1.807) is 0 Å². The lowest BCUT2D eigenvalue weighted by atomic mass is 9.94. The minimum absolute atomic E-state index is 0.0624. The summed E-state index contributed by atoms with van der Waals surface area (Å²) in [4.78, 5) is 11.9. The van der Waals surface area contributed by atoms with Gasteiger partial charge in [-0.1, -0.05) is 13.8 Å². The number of nitrogens with two attached hydrogens (primary N) is 1. The van der Waals surface area contributed by atoms with Crippen LogP contribution < -0.4 is 11.1 Å². The number of aliphatic hydroxyl groups is 1. The van der Waals surface area contributed by atoms with E-state index in [2.05, 4.69) is 5.32 Å². The van der Waals surface area contributed by atoms with E-state index >= 15 is 0 Å². The van der Waals surface area contributed by atoms with Crippen LogP contribution in [0.5, 0.6) is 0 Å². The molecule has 0 aliphatic rings. The molecule has 15 heavy (non-hydrogen) atoms. The van der Waals surface area contributed by atoms with E-state index in [0.717, 1.165) is 19.3 Å². The number of carbonyl (C=O) groups excluding carboxylic acids is 1. The molecule has 2 atom stereocenters. The summed E-state index contributed by atoms with van der Waals surface area (Å²) in [5.41, 5.74) is 5.43. The van der Waals surface area contributed by atoms with Crippen molar-refractivity contribution in [2.45, 2.75) is 39.2 Å². The zero-order valence-corrected chi connectivity index (χ0v) is 9.83. The molecule has 0 bridgehead atoms. The summed E-state index contributed by atoms with van der Waals surface area (Å²) in [6.45, 7) is 5.09. The monoisotopic (exact) mass is 216 g/mol. The maximum absolute atomic E-state index is 11.9. The Kier molecular flexibility index (Phi) is 8.56. The van der Waals surface area contributed by atoms with Crippen LogP contribution in [0, 0.1) is 5.92 Å². The molecule has 0 aliphatic heterocycles. The lowest BCUT2D eigenvalue weighted by Gasteiger charge is -2.20. The molecule has 4 heteroatoms. The number of nitrogens with one attached hydrogen (secondary N) is 1. The molecule has 0 radical (unpaired) electrons. The maximum atomic E-state index is 11.9. The largest absolute Gasteiger partial charge is 0.395 e. The van der Waals surface area contributed by atoms with Crippen LogP contribution in [-0.4, -0.2) is 36.6 Å². The van der Waals surface area contributed by atoms with E-state index in [4.69, 9.17) is 10.8 Å². The van der Waals surface area contributed by atoms with Gasteiger partial charge in [-0.25, -0.2) is 0 Å². The molecule has 4 N–H and O–H groups in total. The molecule has 0 aromatic carbocycles. The van der Waals surface area contributed by atoms with Gasteiger partial charge in [0.25, 0.3) is 0 Å². The van der Waals surface area contributed by atoms with Gasteiger partial charge in [-0.3, -0.25) is 4.79 Å². The SMILES string of the molecule is CCC(C)C(=O)C(CCCN)NCCO. The summed E-state index contributed by atoms with van der Waals surface area (Å²) >= 11 is 0. The molecule has 4 nitrogen and oxygen atoms in total. The lowest BCUT2D eigenvalue weighted by molar-refractivity contribution is -0.124. The highest BCUT2D eigenvalue weighted by Gasteiger charge is 2.21. The summed E-state index contributed by atoms with van der Waals surface area (Å²) in [5, 5.41) is 11.8. The summed E-state index contributed by atoms with van der Waals surface area (Å²) in [6, 6.07) is -0.143. The first-order valence-corrected chi connectivity index (χ1v) is 5.75. The minimum Gasteiger partial charge on any atom is -0.395 e. The fourth-order valence-electron chi connectivity index (χ4n) is 1.45. The Morgan fingerprint density at radius 3 is 2.67 bits per heavy atom. The molecule has 0 amide bonds. The summed E-state index contributed by atoms with van der Waals surface area (Å²) in [5.74, 6) is 0.318. The molecular formula is C11H24N2O2. The van der Waals surface area contributed by atoms with E-state index in [1.165, 1.54) is 0 Å². The highest BCUT2D eigenvalue weighted by atomic mass is 16.3. The Bertz CT molecular complexity index is 166. The van der Waals surface area contributed by atoms with Gasteiger partial charge < -0.3 is 16.2 Å². The fraction of sp³-hybridized carbons (Fsp3) is 0.909. The van der Waals surface area contributed by atoms with Gasteiger partial charge in [0, 0.05) is 12.5 Å². The van der Waals surface area contributed by atoms with E-state index < -0.39 is 0 Å². The third kappa shape index (κ3) is 5.87. The first-order chi connectivity index (χ1) is 7.17. The normalized spacial score (nSPS) is 14.9. The van der Waals surface area contributed by atoms with Crippen LogP contribution in [-0.2, 0) is 4.79 Å². The standard InChI is InChI=1S/C11H24N2O2/c1-3-9(2)11(15)10(5-4-6-12)13-7-8-14/h9-10,13-14H,3-8,12H2,1-2H3. The molecule has 0 aliphatic carbocycles. The van der Waals surface area contributed by atoms with Gasteiger partial charge in [-0.05, 0) is 25.8 Å². The molecule has 0 fully saturated rings. The summed E-state index contributed by atoms with van der Waals surface area (Å²) in [6.07, 6.45) is 2.46. The molecular weight excluding hydrogens is 192 g/mol. The molecule has 0 saturated carbocycles. The average molecular weight is 216 g/mol. The topological polar surface area (TPSA) is 75.4 Å². The van der Waals surface area contributed by atoms with Gasteiger partial charge in [0.1, 0.15) is 0 Å². The Hall–Kier alpha value is -0.450. The van der Waals surface area contributed by atoms with Crippen LogP contribution in [0.4, 0.5) is 0 Å². The van der Waals surface area contributed by atoms with Crippen LogP contribution in [0.15, 0.2) is 0 Å². The highest BCUT2D eigenvalue weighted by molar-refractivity contribution is 5.85. The van der Waals surface area contributed by atoms with Crippen LogP contribution >= 0.6 is 0 Å².